The maximum Gasteiger partial charge on any atom is 0.337 e. The van der Waals surface area contributed by atoms with Crippen molar-refractivity contribution in [1.82, 2.24) is 10.3 Å². The largest absolute Gasteiger partial charge is 0.495 e. The number of rotatable bonds is 6. The molecular weight excluding hydrogens is 598 g/mol. The molecule has 4 atom stereocenters. The number of nitrogens with zero attached hydrogens (tertiary/aromatic N) is 1. The molecule has 9 nitrogen and oxygen atoms in total. The zero-order valence-corrected chi connectivity index (χ0v) is 25.7. The van der Waals surface area contributed by atoms with Crippen LogP contribution in [0.3, 0.4) is 0 Å². The minimum atomic E-state index is -1.53. The van der Waals surface area contributed by atoms with Gasteiger partial charge in [-0.15, -0.1) is 0 Å². The van der Waals surface area contributed by atoms with Gasteiger partial charge >= 0.3 is 5.97 Å². The number of hydrogen-bond acceptors (Lipinski definition) is 7. The summed E-state index contributed by atoms with van der Waals surface area (Å²) >= 11 is 12.8. The van der Waals surface area contributed by atoms with Crippen molar-refractivity contribution in [2.24, 2.45) is 5.41 Å². The predicted octanol–water partition coefficient (Wildman–Crippen LogP) is 5.71. The van der Waals surface area contributed by atoms with Crippen LogP contribution in [0, 0.1) is 11.2 Å². The molecule has 226 valence electrons. The lowest BCUT2D eigenvalue weighted by Crippen LogP contribution is -2.50. The fraction of sp³-hybridized carbons (Fsp3) is 0.355. The number of ether oxygens (including phenoxy) is 2. The number of benzene rings is 2. The summed E-state index contributed by atoms with van der Waals surface area (Å²) in [5.41, 5.74) is -0.633. The number of carbonyl (C=O) groups is 3. The minimum Gasteiger partial charge on any atom is -0.495 e. The third-order valence-electron chi connectivity index (χ3n) is 7.96. The van der Waals surface area contributed by atoms with Crippen molar-refractivity contribution in [3.05, 3.63) is 81.3 Å². The van der Waals surface area contributed by atoms with Crippen molar-refractivity contribution in [3.63, 3.8) is 0 Å². The van der Waals surface area contributed by atoms with Crippen molar-refractivity contribution in [2.45, 2.75) is 50.6 Å². The maximum atomic E-state index is 15.9. The molecule has 0 aliphatic carbocycles. The van der Waals surface area contributed by atoms with Gasteiger partial charge in [0.15, 0.2) is 0 Å². The van der Waals surface area contributed by atoms with E-state index in [-0.39, 0.29) is 38.0 Å². The molecule has 1 fully saturated rings. The van der Waals surface area contributed by atoms with Crippen LogP contribution in [0.4, 0.5) is 15.8 Å². The molecule has 2 aromatic carbocycles. The molecule has 2 aliphatic heterocycles. The molecule has 3 heterocycles. The highest BCUT2D eigenvalue weighted by Gasteiger charge is 2.67. The second-order valence-corrected chi connectivity index (χ2v) is 12.6. The summed E-state index contributed by atoms with van der Waals surface area (Å²) in [5.74, 6) is -3.22. The summed E-state index contributed by atoms with van der Waals surface area (Å²) < 4.78 is 26.2. The number of esters is 1. The number of anilines is 2. The van der Waals surface area contributed by atoms with Crippen molar-refractivity contribution in [1.29, 1.82) is 0 Å². The lowest BCUT2D eigenvalue weighted by Gasteiger charge is -2.36. The molecule has 0 unspecified atom stereocenters. The van der Waals surface area contributed by atoms with Crippen molar-refractivity contribution < 1.29 is 28.2 Å². The molecule has 12 heteroatoms. The molecule has 3 aromatic rings. The van der Waals surface area contributed by atoms with Gasteiger partial charge in [0.25, 0.3) is 0 Å². The monoisotopic (exact) mass is 628 g/mol. The molecule has 0 bridgehead atoms. The number of carbonyl (C=O) groups excluding carboxylic acids is 3. The van der Waals surface area contributed by atoms with Crippen molar-refractivity contribution in [3.8, 4) is 5.75 Å². The Labute approximate surface area is 258 Å². The highest BCUT2D eigenvalue weighted by atomic mass is 35.5. The quantitative estimate of drug-likeness (QED) is 0.299. The lowest BCUT2D eigenvalue weighted by atomic mass is 9.64. The standard InChI is InChI=1S/C31H31Cl2FN4O5/c1-30(2,3)14-21-31(26-24(38-29(31)41)18(33)11-12-35-26)22(16-7-6-8-17(32)23(16)34)25(37-21)27(39)36-19-10-9-15(28(40)43-5)13-20(19)42-4/h6-13,21-22,25,37H,14H2,1-5H3,(H,36,39)(H,38,41)/t21-,22-,25+,31+/m0/s1. The molecule has 0 saturated carbocycles. The second kappa shape index (κ2) is 11.4. The number of nitrogens with one attached hydrogen (secondary N) is 3. The first kappa shape index (κ1) is 30.7. The van der Waals surface area contributed by atoms with E-state index in [2.05, 4.69) is 20.9 Å². The van der Waals surface area contributed by atoms with Gasteiger partial charge in [-0.25, -0.2) is 9.18 Å². The summed E-state index contributed by atoms with van der Waals surface area (Å²) in [7, 11) is 2.65. The van der Waals surface area contributed by atoms with E-state index in [1.165, 1.54) is 50.7 Å². The van der Waals surface area contributed by atoms with E-state index >= 15 is 4.39 Å². The Bertz CT molecular complexity index is 1630. The van der Waals surface area contributed by atoms with E-state index in [4.69, 9.17) is 32.7 Å². The SMILES string of the molecule is COC(=O)c1ccc(NC(=O)[C@@H]2N[C@@H](CC(C)(C)C)[C@@]3(C(=O)Nc4c(Cl)ccnc43)[C@H]2c2cccc(Cl)c2F)c(OC)c1. The zero-order valence-electron chi connectivity index (χ0n) is 24.2. The van der Waals surface area contributed by atoms with Crippen molar-refractivity contribution in [2.75, 3.05) is 24.9 Å². The van der Waals surface area contributed by atoms with Gasteiger partial charge in [0.2, 0.25) is 11.8 Å². The molecule has 2 amide bonds. The predicted molar refractivity (Wildman–Crippen MR) is 161 cm³/mol. The molecule has 2 aliphatic rings. The topological polar surface area (TPSA) is 119 Å². The van der Waals surface area contributed by atoms with Crippen LogP contribution in [0.5, 0.6) is 5.75 Å². The Balaban J connectivity index is 1.69. The summed E-state index contributed by atoms with van der Waals surface area (Å²) in [6.07, 6.45) is 1.91. The zero-order chi connectivity index (χ0) is 31.3. The summed E-state index contributed by atoms with van der Waals surface area (Å²) in [5, 5.41) is 9.23. The number of methoxy groups -OCH3 is 2. The molecule has 3 N–H and O–H groups in total. The summed E-state index contributed by atoms with van der Waals surface area (Å²) in [6.45, 7) is 6.03. The number of hydrogen-bond donors (Lipinski definition) is 3. The third-order valence-corrected chi connectivity index (χ3v) is 8.56. The Morgan fingerprint density at radius 3 is 2.53 bits per heavy atom. The van der Waals surface area contributed by atoms with Crippen LogP contribution in [0.2, 0.25) is 10.0 Å². The third kappa shape index (κ3) is 5.21. The second-order valence-electron chi connectivity index (χ2n) is 11.8. The number of aromatic nitrogens is 1. The van der Waals surface area contributed by atoms with Crippen molar-refractivity contribution >= 4 is 52.4 Å². The molecule has 43 heavy (non-hydrogen) atoms. The molecule has 1 aromatic heterocycles. The van der Waals surface area contributed by atoms with E-state index in [0.29, 0.717) is 17.8 Å². The van der Waals surface area contributed by atoms with Crippen LogP contribution in [0.1, 0.15) is 54.7 Å². The normalized spacial score (nSPS) is 22.7. The summed E-state index contributed by atoms with van der Waals surface area (Å²) in [6, 6.07) is 8.70. The van der Waals surface area contributed by atoms with Gasteiger partial charge in [-0.05, 0) is 47.7 Å². The van der Waals surface area contributed by atoms with Crippen LogP contribution in [-0.4, -0.2) is 49.1 Å². The maximum absolute atomic E-state index is 15.9. The average Bonchev–Trinajstić information content (AvgIpc) is 3.45. The van der Waals surface area contributed by atoms with Crippen LogP contribution < -0.4 is 20.7 Å². The molecule has 1 saturated heterocycles. The van der Waals surface area contributed by atoms with Crippen LogP contribution in [0.25, 0.3) is 0 Å². The fourth-order valence-corrected chi connectivity index (χ4v) is 6.60. The van der Waals surface area contributed by atoms with E-state index in [1.54, 1.807) is 12.1 Å². The highest BCUT2D eigenvalue weighted by molar-refractivity contribution is 6.35. The number of halogens is 3. The van der Waals surface area contributed by atoms with Gasteiger partial charge in [-0.1, -0.05) is 56.1 Å². The molecule has 1 spiro atoms. The highest BCUT2D eigenvalue weighted by Crippen LogP contribution is 2.57. The number of pyridine rings is 1. The smallest absolute Gasteiger partial charge is 0.337 e. The van der Waals surface area contributed by atoms with Gasteiger partial charge in [0, 0.05) is 18.2 Å². The first-order valence-corrected chi connectivity index (χ1v) is 14.3. The van der Waals surface area contributed by atoms with Gasteiger partial charge in [-0.3, -0.25) is 14.6 Å². The molecule has 0 radical (unpaired) electrons. The Kier molecular flexibility index (Phi) is 8.15. The lowest BCUT2D eigenvalue weighted by molar-refractivity contribution is -0.122. The Morgan fingerprint density at radius 1 is 1.12 bits per heavy atom. The average molecular weight is 630 g/mol. The summed E-state index contributed by atoms with van der Waals surface area (Å²) in [4.78, 5) is 45.1. The molecule has 5 rings (SSSR count). The van der Waals surface area contributed by atoms with Gasteiger partial charge in [0.05, 0.1) is 52.9 Å². The van der Waals surface area contributed by atoms with E-state index in [9.17, 15) is 14.4 Å². The van der Waals surface area contributed by atoms with Gasteiger partial charge in [-0.2, -0.15) is 0 Å². The van der Waals surface area contributed by atoms with Gasteiger partial charge in [0.1, 0.15) is 17.0 Å². The number of amides is 2. The molecular formula is C31H31Cl2FN4O5. The fourth-order valence-electron chi connectivity index (χ4n) is 6.23. The van der Waals surface area contributed by atoms with E-state index in [0.717, 1.165) is 0 Å². The van der Waals surface area contributed by atoms with E-state index < -0.39 is 47.0 Å². The first-order valence-electron chi connectivity index (χ1n) is 13.6. The number of fused-ring (bicyclic) bond motifs is 2. The first-order chi connectivity index (χ1) is 20.3. The minimum absolute atomic E-state index is 0.0781. The Morgan fingerprint density at radius 2 is 1.86 bits per heavy atom. The van der Waals surface area contributed by atoms with E-state index in [1.807, 2.05) is 20.8 Å². The van der Waals surface area contributed by atoms with Crippen LogP contribution in [-0.2, 0) is 19.7 Å². The van der Waals surface area contributed by atoms with Crippen LogP contribution >= 0.6 is 23.2 Å². The Hall–Kier alpha value is -3.73. The van der Waals surface area contributed by atoms with Crippen LogP contribution in [0.15, 0.2) is 48.7 Å². The van der Waals surface area contributed by atoms with Gasteiger partial charge < -0.3 is 25.4 Å².